The number of nitrogens with one attached hydrogen (secondary N) is 1. The molecular formula is C12H17N3O5S. The number of nitro groups is 1. The molecule has 1 aliphatic rings. The highest BCUT2D eigenvalue weighted by molar-refractivity contribution is 7.89. The summed E-state index contributed by atoms with van der Waals surface area (Å²) in [6, 6.07) is 3.54. The minimum Gasteiger partial charge on any atom is -0.497 e. The van der Waals surface area contributed by atoms with Gasteiger partial charge in [0.1, 0.15) is 5.75 Å². The summed E-state index contributed by atoms with van der Waals surface area (Å²) in [5, 5.41) is 14.2. The summed E-state index contributed by atoms with van der Waals surface area (Å²) in [6.07, 6.45) is 0.680. The lowest BCUT2D eigenvalue weighted by Crippen LogP contribution is -2.38. The fraction of sp³-hybridized carbons (Fsp3) is 0.500. The van der Waals surface area contributed by atoms with Crippen molar-refractivity contribution in [3.8, 4) is 5.75 Å². The van der Waals surface area contributed by atoms with Crippen LogP contribution in [0.1, 0.15) is 6.42 Å². The normalized spacial score (nSPS) is 18.9. The highest BCUT2D eigenvalue weighted by atomic mass is 32.2. The Balaban J connectivity index is 2.46. The summed E-state index contributed by atoms with van der Waals surface area (Å²) in [6.45, 7) is 1.27. The van der Waals surface area contributed by atoms with Crippen LogP contribution in [0, 0.1) is 10.1 Å². The average molecular weight is 315 g/mol. The predicted octanol–water partition coefficient (Wildman–Crippen LogP) is 0.586. The largest absolute Gasteiger partial charge is 0.497 e. The summed E-state index contributed by atoms with van der Waals surface area (Å²) < 4.78 is 31.3. The molecule has 0 bridgehead atoms. The number of hydrogen-bond acceptors (Lipinski definition) is 6. The standard InChI is InChI=1S/C12H17N3O5S/c1-14(9-5-6-13-8-9)21(18,19)12-4-3-10(20-2)7-11(12)15(16)17/h3-4,7,9,13H,5-6,8H2,1-2H3. The highest BCUT2D eigenvalue weighted by Crippen LogP contribution is 2.31. The molecule has 116 valence electrons. The van der Waals surface area contributed by atoms with Crippen molar-refractivity contribution in [2.75, 3.05) is 27.2 Å². The van der Waals surface area contributed by atoms with Gasteiger partial charge in [-0.2, -0.15) is 4.31 Å². The number of benzene rings is 1. The van der Waals surface area contributed by atoms with Crippen molar-refractivity contribution >= 4 is 15.7 Å². The molecule has 1 aromatic carbocycles. The summed E-state index contributed by atoms with van der Waals surface area (Å²) >= 11 is 0. The fourth-order valence-corrected chi connectivity index (χ4v) is 3.81. The minimum atomic E-state index is -3.93. The van der Waals surface area contributed by atoms with E-state index in [4.69, 9.17) is 4.74 Å². The Morgan fingerprint density at radius 3 is 2.71 bits per heavy atom. The van der Waals surface area contributed by atoms with E-state index >= 15 is 0 Å². The summed E-state index contributed by atoms with van der Waals surface area (Å²) in [7, 11) is -1.12. The molecule has 0 amide bonds. The maximum Gasteiger partial charge on any atom is 0.293 e. The lowest BCUT2D eigenvalue weighted by Gasteiger charge is -2.23. The van der Waals surface area contributed by atoms with E-state index in [0.717, 1.165) is 12.6 Å². The van der Waals surface area contributed by atoms with E-state index in [1.54, 1.807) is 0 Å². The molecule has 1 fully saturated rings. The molecule has 9 heteroatoms. The maximum absolute atomic E-state index is 12.6. The van der Waals surface area contributed by atoms with Crippen LogP contribution in [0.3, 0.4) is 0 Å². The molecule has 1 aliphatic heterocycles. The monoisotopic (exact) mass is 315 g/mol. The molecule has 2 rings (SSSR count). The minimum absolute atomic E-state index is 0.197. The summed E-state index contributed by atoms with van der Waals surface area (Å²) in [5.74, 6) is 0.242. The Morgan fingerprint density at radius 1 is 1.48 bits per heavy atom. The first kappa shape index (κ1) is 15.7. The molecule has 1 atom stereocenters. The molecule has 0 radical (unpaired) electrons. The third kappa shape index (κ3) is 2.99. The summed E-state index contributed by atoms with van der Waals surface area (Å²) in [5.41, 5.74) is -0.479. The van der Waals surface area contributed by atoms with Crippen molar-refractivity contribution in [3.05, 3.63) is 28.3 Å². The van der Waals surface area contributed by atoms with Gasteiger partial charge in [-0.1, -0.05) is 0 Å². The van der Waals surface area contributed by atoms with Crippen LogP contribution in [-0.2, 0) is 10.0 Å². The van der Waals surface area contributed by atoms with Crippen LogP contribution in [0.4, 0.5) is 5.69 Å². The van der Waals surface area contributed by atoms with Gasteiger partial charge in [-0.3, -0.25) is 10.1 Å². The molecule has 1 saturated heterocycles. The lowest BCUT2D eigenvalue weighted by atomic mass is 10.3. The van der Waals surface area contributed by atoms with E-state index < -0.39 is 20.6 Å². The second kappa shape index (κ2) is 5.96. The van der Waals surface area contributed by atoms with Gasteiger partial charge in [0.2, 0.25) is 10.0 Å². The van der Waals surface area contributed by atoms with Gasteiger partial charge in [0.25, 0.3) is 5.69 Å². The van der Waals surface area contributed by atoms with Crippen molar-refractivity contribution in [2.24, 2.45) is 0 Å². The molecule has 1 N–H and O–H groups in total. The van der Waals surface area contributed by atoms with Crippen LogP contribution in [-0.4, -0.2) is 50.9 Å². The molecule has 1 heterocycles. The Bertz CT molecular complexity index is 640. The van der Waals surface area contributed by atoms with Gasteiger partial charge in [-0.15, -0.1) is 0 Å². The number of hydrogen-bond donors (Lipinski definition) is 1. The molecule has 0 aromatic heterocycles. The van der Waals surface area contributed by atoms with Gasteiger partial charge in [0.15, 0.2) is 4.90 Å². The van der Waals surface area contributed by atoms with Crippen molar-refractivity contribution in [1.82, 2.24) is 9.62 Å². The first-order valence-corrected chi connectivity index (χ1v) is 7.83. The quantitative estimate of drug-likeness (QED) is 0.630. The van der Waals surface area contributed by atoms with Gasteiger partial charge < -0.3 is 10.1 Å². The van der Waals surface area contributed by atoms with Gasteiger partial charge in [-0.25, -0.2) is 8.42 Å². The van der Waals surface area contributed by atoms with Crippen LogP contribution in [0.15, 0.2) is 23.1 Å². The van der Waals surface area contributed by atoms with E-state index in [9.17, 15) is 18.5 Å². The summed E-state index contributed by atoms with van der Waals surface area (Å²) in [4.78, 5) is 10.1. The number of nitrogens with zero attached hydrogens (tertiary/aromatic N) is 2. The van der Waals surface area contributed by atoms with Crippen molar-refractivity contribution in [2.45, 2.75) is 17.4 Å². The highest BCUT2D eigenvalue weighted by Gasteiger charge is 2.34. The van der Waals surface area contributed by atoms with Crippen LogP contribution >= 0.6 is 0 Å². The van der Waals surface area contributed by atoms with Gasteiger partial charge in [-0.05, 0) is 25.1 Å². The van der Waals surface area contributed by atoms with E-state index in [-0.39, 0.29) is 16.7 Å². The Hall–Kier alpha value is -1.71. The number of likely N-dealkylation sites (N-methyl/N-ethyl adjacent to an activating group) is 1. The zero-order valence-corrected chi connectivity index (χ0v) is 12.6. The fourth-order valence-electron chi connectivity index (χ4n) is 2.29. The van der Waals surface area contributed by atoms with Crippen molar-refractivity contribution in [1.29, 1.82) is 0 Å². The zero-order valence-electron chi connectivity index (χ0n) is 11.8. The number of sulfonamides is 1. The molecule has 0 saturated carbocycles. The molecular weight excluding hydrogens is 298 g/mol. The third-order valence-corrected chi connectivity index (χ3v) is 5.53. The van der Waals surface area contributed by atoms with E-state index in [0.29, 0.717) is 13.0 Å². The molecule has 0 aliphatic carbocycles. The molecule has 21 heavy (non-hydrogen) atoms. The number of rotatable bonds is 5. The van der Waals surface area contributed by atoms with E-state index in [2.05, 4.69) is 5.32 Å². The molecule has 8 nitrogen and oxygen atoms in total. The second-order valence-corrected chi connectivity index (χ2v) is 6.72. The number of methoxy groups -OCH3 is 1. The zero-order chi connectivity index (χ0) is 15.6. The first-order valence-electron chi connectivity index (χ1n) is 6.39. The van der Waals surface area contributed by atoms with Gasteiger partial charge in [0.05, 0.1) is 18.1 Å². The third-order valence-electron chi connectivity index (χ3n) is 3.57. The topological polar surface area (TPSA) is 102 Å². The van der Waals surface area contributed by atoms with Crippen LogP contribution in [0.5, 0.6) is 5.75 Å². The molecule has 1 aromatic rings. The van der Waals surface area contributed by atoms with Crippen LogP contribution in [0.2, 0.25) is 0 Å². The van der Waals surface area contributed by atoms with Crippen molar-refractivity contribution < 1.29 is 18.1 Å². The predicted molar refractivity (Wildman–Crippen MR) is 75.9 cm³/mol. The molecule has 0 spiro atoms. The maximum atomic E-state index is 12.6. The Labute approximate surface area is 122 Å². The number of ether oxygens (including phenoxy) is 1. The smallest absolute Gasteiger partial charge is 0.293 e. The Kier molecular flexibility index (Phi) is 4.45. The molecule has 1 unspecified atom stereocenters. The van der Waals surface area contributed by atoms with Crippen molar-refractivity contribution in [3.63, 3.8) is 0 Å². The SMILES string of the molecule is COc1ccc(S(=O)(=O)N(C)C2CCNC2)c([N+](=O)[O-])c1. The van der Waals surface area contributed by atoms with Gasteiger partial charge >= 0.3 is 0 Å². The average Bonchev–Trinajstić information content (AvgIpc) is 2.99. The van der Waals surface area contributed by atoms with Crippen LogP contribution in [0.25, 0.3) is 0 Å². The van der Waals surface area contributed by atoms with E-state index in [1.807, 2.05) is 0 Å². The first-order chi connectivity index (χ1) is 9.87. The van der Waals surface area contributed by atoms with Gasteiger partial charge in [0, 0.05) is 19.6 Å². The van der Waals surface area contributed by atoms with E-state index in [1.165, 1.54) is 30.6 Å². The Morgan fingerprint density at radius 2 is 2.19 bits per heavy atom. The number of nitro benzene ring substituents is 1. The van der Waals surface area contributed by atoms with Crippen LogP contribution < -0.4 is 10.1 Å². The second-order valence-electron chi connectivity index (χ2n) is 4.76. The lowest BCUT2D eigenvalue weighted by molar-refractivity contribution is -0.387.